The van der Waals surface area contributed by atoms with Crippen LogP contribution in [-0.4, -0.2) is 38.1 Å². The van der Waals surface area contributed by atoms with Crippen LogP contribution in [0.5, 0.6) is 11.5 Å². The van der Waals surface area contributed by atoms with E-state index in [4.69, 9.17) is 32.7 Å². The molecule has 1 N–H and O–H groups in total. The average molecular weight is 451 g/mol. The first-order chi connectivity index (χ1) is 14.4. The SMILES string of the molecule is COc1ccc(OC)c([C@@H](C)NC(=O)C2CCN(Cc3c(Cl)cccc3Cl)CC2)c1. The maximum absolute atomic E-state index is 12.9. The highest BCUT2D eigenvalue weighted by molar-refractivity contribution is 6.35. The number of nitrogens with zero attached hydrogens (tertiary/aromatic N) is 1. The number of carbonyl (C=O) groups excluding carboxylic acids is 1. The second-order valence-corrected chi connectivity index (χ2v) is 8.40. The Morgan fingerprint density at radius 2 is 1.80 bits per heavy atom. The van der Waals surface area contributed by atoms with Crippen LogP contribution in [0, 0.1) is 5.92 Å². The summed E-state index contributed by atoms with van der Waals surface area (Å²) in [6.45, 7) is 4.32. The smallest absolute Gasteiger partial charge is 0.223 e. The summed E-state index contributed by atoms with van der Waals surface area (Å²) in [6.07, 6.45) is 1.60. The molecule has 0 bridgehead atoms. The van der Waals surface area contributed by atoms with Gasteiger partial charge in [-0.05, 0) is 63.2 Å². The highest BCUT2D eigenvalue weighted by Gasteiger charge is 2.27. The highest BCUT2D eigenvalue weighted by Crippen LogP contribution is 2.31. The third kappa shape index (κ3) is 5.39. The quantitative estimate of drug-likeness (QED) is 0.637. The summed E-state index contributed by atoms with van der Waals surface area (Å²) in [4.78, 5) is 15.2. The van der Waals surface area contributed by atoms with Gasteiger partial charge in [0, 0.05) is 33.6 Å². The van der Waals surface area contributed by atoms with Crippen molar-refractivity contribution in [1.29, 1.82) is 0 Å². The molecule has 1 saturated heterocycles. The molecular formula is C23H28Cl2N2O3. The number of rotatable bonds is 7. The van der Waals surface area contributed by atoms with Gasteiger partial charge < -0.3 is 14.8 Å². The van der Waals surface area contributed by atoms with Crippen molar-refractivity contribution in [3.63, 3.8) is 0 Å². The van der Waals surface area contributed by atoms with Gasteiger partial charge in [-0.25, -0.2) is 0 Å². The molecule has 0 unspecified atom stereocenters. The summed E-state index contributed by atoms with van der Waals surface area (Å²) in [5.74, 6) is 1.53. The molecule has 30 heavy (non-hydrogen) atoms. The van der Waals surface area contributed by atoms with Gasteiger partial charge in [-0.2, -0.15) is 0 Å². The minimum absolute atomic E-state index is 0.0120. The Bertz CT molecular complexity index is 862. The number of halogens is 2. The summed E-state index contributed by atoms with van der Waals surface area (Å²) in [5.41, 5.74) is 1.85. The molecule has 0 aromatic heterocycles. The van der Waals surface area contributed by atoms with Crippen LogP contribution in [0.15, 0.2) is 36.4 Å². The molecule has 2 aromatic carbocycles. The van der Waals surface area contributed by atoms with E-state index in [-0.39, 0.29) is 17.9 Å². The van der Waals surface area contributed by atoms with Gasteiger partial charge in [-0.15, -0.1) is 0 Å². The molecule has 2 aromatic rings. The van der Waals surface area contributed by atoms with Crippen LogP contribution >= 0.6 is 23.2 Å². The van der Waals surface area contributed by atoms with Crippen molar-refractivity contribution in [3.8, 4) is 11.5 Å². The largest absolute Gasteiger partial charge is 0.497 e. The van der Waals surface area contributed by atoms with Gasteiger partial charge in [0.05, 0.1) is 20.3 Å². The summed E-state index contributed by atoms with van der Waals surface area (Å²) >= 11 is 12.6. The van der Waals surface area contributed by atoms with Crippen LogP contribution in [0.3, 0.4) is 0 Å². The molecule has 0 aliphatic carbocycles. The number of piperidine rings is 1. The van der Waals surface area contributed by atoms with Crippen LogP contribution in [-0.2, 0) is 11.3 Å². The van der Waals surface area contributed by atoms with E-state index in [0.717, 1.165) is 48.6 Å². The predicted molar refractivity (Wildman–Crippen MR) is 121 cm³/mol. The average Bonchev–Trinajstić information content (AvgIpc) is 2.76. The van der Waals surface area contributed by atoms with E-state index >= 15 is 0 Å². The first-order valence-electron chi connectivity index (χ1n) is 10.1. The van der Waals surface area contributed by atoms with Gasteiger partial charge in [0.25, 0.3) is 0 Å². The Hall–Kier alpha value is -1.95. The Morgan fingerprint density at radius 3 is 2.40 bits per heavy atom. The number of carbonyl (C=O) groups is 1. The van der Waals surface area contributed by atoms with Gasteiger partial charge in [0.1, 0.15) is 11.5 Å². The fraction of sp³-hybridized carbons (Fsp3) is 0.435. The van der Waals surface area contributed by atoms with E-state index in [1.165, 1.54) is 0 Å². The van der Waals surface area contributed by atoms with Crippen molar-refractivity contribution in [2.75, 3.05) is 27.3 Å². The first-order valence-corrected chi connectivity index (χ1v) is 10.9. The number of hydrogen-bond donors (Lipinski definition) is 1. The Kier molecular flexibility index (Phi) is 7.87. The molecule has 1 fully saturated rings. The van der Waals surface area contributed by atoms with E-state index in [1.54, 1.807) is 14.2 Å². The third-order valence-corrected chi connectivity index (χ3v) is 6.37. The van der Waals surface area contributed by atoms with E-state index < -0.39 is 0 Å². The van der Waals surface area contributed by atoms with Crippen molar-refractivity contribution in [2.45, 2.75) is 32.4 Å². The van der Waals surface area contributed by atoms with E-state index in [0.29, 0.717) is 16.6 Å². The van der Waals surface area contributed by atoms with E-state index in [9.17, 15) is 4.79 Å². The third-order valence-electron chi connectivity index (χ3n) is 5.66. The zero-order valence-corrected chi connectivity index (χ0v) is 19.1. The van der Waals surface area contributed by atoms with Crippen molar-refractivity contribution in [3.05, 3.63) is 57.6 Å². The molecule has 0 spiro atoms. The van der Waals surface area contributed by atoms with Crippen LogP contribution in [0.25, 0.3) is 0 Å². The summed E-state index contributed by atoms with van der Waals surface area (Å²) < 4.78 is 10.8. The zero-order valence-electron chi connectivity index (χ0n) is 17.6. The molecule has 1 atom stereocenters. The number of benzene rings is 2. The number of nitrogens with one attached hydrogen (secondary N) is 1. The number of hydrogen-bond acceptors (Lipinski definition) is 4. The highest BCUT2D eigenvalue weighted by atomic mass is 35.5. The lowest BCUT2D eigenvalue weighted by atomic mass is 9.94. The lowest BCUT2D eigenvalue weighted by Crippen LogP contribution is -2.41. The molecule has 1 amide bonds. The lowest BCUT2D eigenvalue weighted by Gasteiger charge is -2.32. The predicted octanol–water partition coefficient (Wildman–Crippen LogP) is 5.10. The summed E-state index contributed by atoms with van der Waals surface area (Å²) in [5, 5.41) is 4.51. The topological polar surface area (TPSA) is 50.8 Å². The molecule has 7 heteroatoms. The minimum atomic E-state index is -0.178. The van der Waals surface area contributed by atoms with Gasteiger partial charge in [0.15, 0.2) is 0 Å². The Morgan fingerprint density at radius 1 is 1.13 bits per heavy atom. The molecule has 162 valence electrons. The molecule has 1 heterocycles. The van der Waals surface area contributed by atoms with E-state index in [1.807, 2.05) is 43.3 Å². The lowest BCUT2D eigenvalue weighted by molar-refractivity contribution is -0.127. The second kappa shape index (κ2) is 10.4. The van der Waals surface area contributed by atoms with Crippen molar-refractivity contribution in [1.82, 2.24) is 10.2 Å². The summed E-state index contributed by atoms with van der Waals surface area (Å²) in [6, 6.07) is 11.0. The van der Waals surface area contributed by atoms with Crippen LogP contribution in [0.4, 0.5) is 0 Å². The van der Waals surface area contributed by atoms with Crippen LogP contribution < -0.4 is 14.8 Å². The molecular weight excluding hydrogens is 423 g/mol. The maximum atomic E-state index is 12.9. The zero-order chi connectivity index (χ0) is 21.7. The molecule has 0 saturated carbocycles. The molecule has 1 aliphatic rings. The van der Waals surface area contributed by atoms with Crippen molar-refractivity contribution >= 4 is 29.1 Å². The fourth-order valence-electron chi connectivity index (χ4n) is 3.85. The second-order valence-electron chi connectivity index (χ2n) is 7.59. The van der Waals surface area contributed by atoms with Crippen LogP contribution in [0.2, 0.25) is 10.0 Å². The minimum Gasteiger partial charge on any atom is -0.497 e. The number of amides is 1. The maximum Gasteiger partial charge on any atom is 0.223 e. The molecule has 0 radical (unpaired) electrons. The van der Waals surface area contributed by atoms with Gasteiger partial charge in [-0.3, -0.25) is 9.69 Å². The van der Waals surface area contributed by atoms with Crippen LogP contribution in [0.1, 0.15) is 36.9 Å². The normalized spacial score (nSPS) is 16.2. The Labute approximate surface area is 188 Å². The number of ether oxygens (including phenoxy) is 2. The molecule has 5 nitrogen and oxygen atoms in total. The molecule has 3 rings (SSSR count). The van der Waals surface area contributed by atoms with Crippen molar-refractivity contribution in [2.24, 2.45) is 5.92 Å². The van der Waals surface area contributed by atoms with Crippen molar-refractivity contribution < 1.29 is 14.3 Å². The van der Waals surface area contributed by atoms with Gasteiger partial charge in [0.2, 0.25) is 5.91 Å². The fourth-order valence-corrected chi connectivity index (χ4v) is 4.36. The number of likely N-dealkylation sites (tertiary alicyclic amines) is 1. The van der Waals surface area contributed by atoms with Gasteiger partial charge in [-0.1, -0.05) is 29.3 Å². The van der Waals surface area contributed by atoms with Gasteiger partial charge >= 0.3 is 0 Å². The monoisotopic (exact) mass is 450 g/mol. The summed E-state index contributed by atoms with van der Waals surface area (Å²) in [7, 11) is 3.25. The Balaban J connectivity index is 1.57. The standard InChI is InChI=1S/C23H28Cl2N2O3/c1-15(18-13-17(29-2)7-8-22(18)30-3)26-23(28)16-9-11-27(12-10-16)14-19-20(24)5-4-6-21(19)25/h4-8,13,15-16H,9-12,14H2,1-3H3,(H,26,28)/t15-/m1/s1. The number of methoxy groups -OCH3 is 2. The van der Waals surface area contributed by atoms with E-state index in [2.05, 4.69) is 10.2 Å². The first kappa shape index (κ1) is 22.7. The molecule has 1 aliphatic heterocycles.